The van der Waals surface area contributed by atoms with Gasteiger partial charge < -0.3 is 10.1 Å². The Morgan fingerprint density at radius 3 is 2.47 bits per heavy atom. The number of benzene rings is 1. The van der Waals surface area contributed by atoms with E-state index < -0.39 is 0 Å². The molecule has 0 saturated carbocycles. The first-order valence-electron chi connectivity index (χ1n) is 6.27. The number of ether oxygens (including phenoxy) is 1. The number of nitrogens with zero attached hydrogens (tertiary/aromatic N) is 1. The second kappa shape index (κ2) is 7.30. The van der Waals surface area contributed by atoms with Gasteiger partial charge in [-0.2, -0.15) is 0 Å². The summed E-state index contributed by atoms with van der Waals surface area (Å²) >= 11 is 0. The van der Waals surface area contributed by atoms with E-state index in [1.807, 2.05) is 7.05 Å². The molecule has 0 amide bonds. The SMILES string of the molecule is CCN(CC)Cc1ccc(OC)c(CNC)c1. The Morgan fingerprint density at radius 1 is 1.24 bits per heavy atom. The molecule has 3 nitrogen and oxygen atoms in total. The molecule has 1 rings (SSSR count). The zero-order valence-corrected chi connectivity index (χ0v) is 11.4. The van der Waals surface area contributed by atoms with Crippen LogP contribution in [0.4, 0.5) is 0 Å². The molecular weight excluding hydrogens is 212 g/mol. The van der Waals surface area contributed by atoms with Crippen molar-refractivity contribution in [1.29, 1.82) is 0 Å². The third kappa shape index (κ3) is 4.02. The van der Waals surface area contributed by atoms with Gasteiger partial charge in [0.2, 0.25) is 0 Å². The minimum atomic E-state index is 0.843. The van der Waals surface area contributed by atoms with E-state index in [9.17, 15) is 0 Å². The van der Waals surface area contributed by atoms with E-state index in [1.54, 1.807) is 7.11 Å². The van der Waals surface area contributed by atoms with Gasteiger partial charge in [-0.25, -0.2) is 0 Å². The summed E-state index contributed by atoms with van der Waals surface area (Å²) in [5, 5.41) is 3.17. The molecule has 96 valence electrons. The third-order valence-electron chi connectivity index (χ3n) is 3.01. The normalized spacial score (nSPS) is 10.9. The molecule has 0 saturated heterocycles. The van der Waals surface area contributed by atoms with Gasteiger partial charge in [-0.1, -0.05) is 19.9 Å². The van der Waals surface area contributed by atoms with Crippen molar-refractivity contribution in [2.75, 3.05) is 27.2 Å². The minimum absolute atomic E-state index is 0.843. The summed E-state index contributed by atoms with van der Waals surface area (Å²) in [7, 11) is 3.68. The van der Waals surface area contributed by atoms with Crippen LogP contribution < -0.4 is 10.1 Å². The molecule has 0 fully saturated rings. The Morgan fingerprint density at radius 2 is 1.94 bits per heavy atom. The Balaban J connectivity index is 2.83. The Kier molecular flexibility index (Phi) is 6.01. The molecule has 1 aromatic rings. The molecule has 0 aliphatic carbocycles. The fourth-order valence-corrected chi connectivity index (χ4v) is 1.96. The van der Waals surface area contributed by atoms with Crippen molar-refractivity contribution in [3.8, 4) is 5.75 Å². The molecule has 1 aromatic carbocycles. The fraction of sp³-hybridized carbons (Fsp3) is 0.571. The van der Waals surface area contributed by atoms with Gasteiger partial charge in [0, 0.05) is 18.7 Å². The highest BCUT2D eigenvalue weighted by molar-refractivity contribution is 5.37. The quantitative estimate of drug-likeness (QED) is 0.786. The van der Waals surface area contributed by atoms with E-state index in [2.05, 4.69) is 42.3 Å². The van der Waals surface area contributed by atoms with Crippen LogP contribution in [0.3, 0.4) is 0 Å². The zero-order valence-electron chi connectivity index (χ0n) is 11.4. The van der Waals surface area contributed by atoms with Crippen LogP contribution in [0.25, 0.3) is 0 Å². The van der Waals surface area contributed by atoms with Crippen LogP contribution in [0, 0.1) is 0 Å². The molecule has 0 aliphatic rings. The lowest BCUT2D eigenvalue weighted by Crippen LogP contribution is -2.22. The van der Waals surface area contributed by atoms with Crippen molar-refractivity contribution in [1.82, 2.24) is 10.2 Å². The maximum absolute atomic E-state index is 5.36. The smallest absolute Gasteiger partial charge is 0.123 e. The summed E-state index contributed by atoms with van der Waals surface area (Å²) in [5.41, 5.74) is 2.57. The van der Waals surface area contributed by atoms with Gasteiger partial charge in [-0.15, -0.1) is 0 Å². The fourth-order valence-electron chi connectivity index (χ4n) is 1.96. The summed E-state index contributed by atoms with van der Waals surface area (Å²) in [6.45, 7) is 8.42. The first-order valence-corrected chi connectivity index (χ1v) is 6.27. The summed E-state index contributed by atoms with van der Waals surface area (Å²) in [4.78, 5) is 2.41. The topological polar surface area (TPSA) is 24.5 Å². The highest BCUT2D eigenvalue weighted by Gasteiger charge is 2.06. The van der Waals surface area contributed by atoms with Gasteiger partial charge in [0.1, 0.15) is 5.75 Å². The van der Waals surface area contributed by atoms with Crippen molar-refractivity contribution in [3.05, 3.63) is 29.3 Å². The number of hydrogen-bond acceptors (Lipinski definition) is 3. The van der Waals surface area contributed by atoms with Crippen LogP contribution in [-0.4, -0.2) is 32.1 Å². The lowest BCUT2D eigenvalue weighted by molar-refractivity contribution is 0.295. The van der Waals surface area contributed by atoms with Gasteiger partial charge in [-0.05, 0) is 37.8 Å². The average molecular weight is 236 g/mol. The molecule has 0 atom stereocenters. The van der Waals surface area contributed by atoms with Crippen molar-refractivity contribution >= 4 is 0 Å². The molecule has 0 radical (unpaired) electrons. The van der Waals surface area contributed by atoms with E-state index in [0.717, 1.165) is 31.9 Å². The van der Waals surface area contributed by atoms with Crippen LogP contribution in [0.1, 0.15) is 25.0 Å². The van der Waals surface area contributed by atoms with E-state index in [0.29, 0.717) is 0 Å². The van der Waals surface area contributed by atoms with Gasteiger partial charge >= 0.3 is 0 Å². The minimum Gasteiger partial charge on any atom is -0.496 e. The number of hydrogen-bond donors (Lipinski definition) is 1. The number of nitrogens with one attached hydrogen (secondary N) is 1. The number of methoxy groups -OCH3 is 1. The average Bonchev–Trinajstić information content (AvgIpc) is 2.36. The van der Waals surface area contributed by atoms with Crippen molar-refractivity contribution in [3.63, 3.8) is 0 Å². The van der Waals surface area contributed by atoms with Crippen LogP contribution >= 0.6 is 0 Å². The Labute approximate surface area is 105 Å². The number of rotatable bonds is 7. The van der Waals surface area contributed by atoms with Crippen molar-refractivity contribution in [2.45, 2.75) is 26.9 Å². The van der Waals surface area contributed by atoms with Gasteiger partial charge in [-0.3, -0.25) is 4.90 Å². The van der Waals surface area contributed by atoms with Crippen molar-refractivity contribution < 1.29 is 4.74 Å². The molecule has 0 spiro atoms. The van der Waals surface area contributed by atoms with Gasteiger partial charge in [0.25, 0.3) is 0 Å². The lowest BCUT2D eigenvalue weighted by atomic mass is 10.1. The van der Waals surface area contributed by atoms with E-state index in [4.69, 9.17) is 4.74 Å². The van der Waals surface area contributed by atoms with Crippen molar-refractivity contribution in [2.24, 2.45) is 0 Å². The predicted molar refractivity (Wildman–Crippen MR) is 72.4 cm³/mol. The molecule has 0 aromatic heterocycles. The Bertz CT molecular complexity index is 335. The Hall–Kier alpha value is -1.06. The summed E-state index contributed by atoms with van der Waals surface area (Å²) < 4.78 is 5.36. The summed E-state index contributed by atoms with van der Waals surface area (Å²) in [5.74, 6) is 0.961. The summed E-state index contributed by atoms with van der Waals surface area (Å²) in [6, 6.07) is 6.44. The van der Waals surface area contributed by atoms with Crippen LogP contribution in [0.5, 0.6) is 5.75 Å². The summed E-state index contributed by atoms with van der Waals surface area (Å²) in [6.07, 6.45) is 0. The highest BCUT2D eigenvalue weighted by atomic mass is 16.5. The standard InChI is InChI=1S/C14H24N2O/c1-5-16(6-2)11-12-7-8-14(17-4)13(9-12)10-15-3/h7-9,15H,5-6,10-11H2,1-4H3. The van der Waals surface area contributed by atoms with E-state index in [1.165, 1.54) is 11.1 Å². The predicted octanol–water partition coefficient (Wildman–Crippen LogP) is 2.26. The molecule has 17 heavy (non-hydrogen) atoms. The largest absolute Gasteiger partial charge is 0.496 e. The maximum atomic E-state index is 5.36. The van der Waals surface area contributed by atoms with Gasteiger partial charge in [0.15, 0.2) is 0 Å². The second-order valence-corrected chi connectivity index (χ2v) is 4.14. The lowest BCUT2D eigenvalue weighted by Gasteiger charge is -2.19. The van der Waals surface area contributed by atoms with Gasteiger partial charge in [0.05, 0.1) is 7.11 Å². The molecule has 0 aliphatic heterocycles. The molecule has 0 unspecified atom stereocenters. The first-order chi connectivity index (χ1) is 8.24. The highest BCUT2D eigenvalue weighted by Crippen LogP contribution is 2.20. The monoisotopic (exact) mass is 236 g/mol. The van der Waals surface area contributed by atoms with Crippen LogP contribution in [-0.2, 0) is 13.1 Å². The molecule has 0 heterocycles. The molecule has 3 heteroatoms. The van der Waals surface area contributed by atoms with E-state index in [-0.39, 0.29) is 0 Å². The third-order valence-corrected chi connectivity index (χ3v) is 3.01. The molecule has 1 N–H and O–H groups in total. The van der Waals surface area contributed by atoms with Crippen LogP contribution in [0.15, 0.2) is 18.2 Å². The van der Waals surface area contributed by atoms with E-state index >= 15 is 0 Å². The molecule has 0 bridgehead atoms. The first kappa shape index (κ1) is 14.0. The zero-order chi connectivity index (χ0) is 12.7. The van der Waals surface area contributed by atoms with Crippen LogP contribution in [0.2, 0.25) is 0 Å². The maximum Gasteiger partial charge on any atom is 0.123 e. The second-order valence-electron chi connectivity index (χ2n) is 4.14. The molecular formula is C14H24N2O.